The topological polar surface area (TPSA) is 108 Å². The number of benzene rings is 1. The normalized spacial score (nSPS) is 9.75. The van der Waals surface area contributed by atoms with Crippen LogP contribution in [-0.4, -0.2) is 15.5 Å². The first-order valence-electron chi connectivity index (χ1n) is 5.83. The van der Waals surface area contributed by atoms with E-state index >= 15 is 0 Å². The van der Waals surface area contributed by atoms with Crippen molar-refractivity contribution < 1.29 is 4.79 Å². The van der Waals surface area contributed by atoms with E-state index in [1.165, 1.54) is 0 Å². The smallest absolute Gasteiger partial charge is 0.248 e. The summed E-state index contributed by atoms with van der Waals surface area (Å²) < 4.78 is 1.64. The summed E-state index contributed by atoms with van der Waals surface area (Å²) in [5, 5.41) is 18.1. The minimum Gasteiger partial charge on any atom is -0.366 e. The van der Waals surface area contributed by atoms with Crippen LogP contribution in [0.4, 0.5) is 0 Å². The van der Waals surface area contributed by atoms with Crippen LogP contribution in [0, 0.1) is 29.6 Å². The zero-order valence-corrected chi connectivity index (χ0v) is 10.8. The third-order valence-electron chi connectivity index (χ3n) is 2.92. The number of aromatic nitrogens is 2. The molecular weight excluding hydrogens is 254 g/mol. The van der Waals surface area contributed by atoms with E-state index in [2.05, 4.69) is 4.98 Å². The zero-order chi connectivity index (χ0) is 14.7. The van der Waals surface area contributed by atoms with Crippen LogP contribution >= 0.6 is 0 Å². The molecule has 0 saturated carbocycles. The number of carbonyl (C=O) groups is 1. The highest BCUT2D eigenvalue weighted by molar-refractivity contribution is 5.92. The van der Waals surface area contributed by atoms with Gasteiger partial charge >= 0.3 is 0 Å². The maximum atomic E-state index is 11.2. The van der Waals surface area contributed by atoms with E-state index in [-0.39, 0.29) is 11.4 Å². The Morgan fingerprint density at radius 3 is 2.75 bits per heavy atom. The highest BCUT2D eigenvalue weighted by atomic mass is 16.1. The lowest BCUT2D eigenvalue weighted by Crippen LogP contribution is -2.12. The Kier molecular flexibility index (Phi) is 3.49. The van der Waals surface area contributed by atoms with Gasteiger partial charge in [-0.05, 0) is 24.6 Å². The van der Waals surface area contributed by atoms with Crippen LogP contribution in [0.15, 0.2) is 24.3 Å². The molecule has 2 aromatic rings. The number of rotatable bonds is 3. The Hall–Kier alpha value is -3.12. The van der Waals surface area contributed by atoms with E-state index in [0.29, 0.717) is 17.9 Å². The van der Waals surface area contributed by atoms with E-state index in [0.717, 1.165) is 5.56 Å². The molecule has 0 aliphatic carbocycles. The molecule has 1 aromatic carbocycles. The summed E-state index contributed by atoms with van der Waals surface area (Å²) >= 11 is 0. The number of amides is 1. The number of primary amides is 1. The Morgan fingerprint density at radius 2 is 2.15 bits per heavy atom. The van der Waals surface area contributed by atoms with Crippen molar-refractivity contribution in [2.75, 3.05) is 0 Å². The maximum absolute atomic E-state index is 11.2. The highest BCUT2D eigenvalue weighted by Crippen LogP contribution is 2.14. The highest BCUT2D eigenvalue weighted by Gasteiger charge is 2.14. The first kappa shape index (κ1) is 13.3. The number of hydrogen-bond acceptors (Lipinski definition) is 4. The predicted molar refractivity (Wildman–Crippen MR) is 70.5 cm³/mol. The average molecular weight is 265 g/mol. The van der Waals surface area contributed by atoms with Crippen molar-refractivity contribution in [2.45, 2.75) is 13.5 Å². The van der Waals surface area contributed by atoms with Crippen LogP contribution < -0.4 is 5.73 Å². The number of hydrogen-bond donors (Lipinski definition) is 1. The molecule has 2 rings (SSSR count). The number of carbonyl (C=O) groups excluding carboxylic acids is 1. The van der Waals surface area contributed by atoms with Gasteiger partial charge in [0.15, 0.2) is 11.4 Å². The quantitative estimate of drug-likeness (QED) is 0.895. The van der Waals surface area contributed by atoms with Crippen LogP contribution in [0.2, 0.25) is 0 Å². The summed E-state index contributed by atoms with van der Waals surface area (Å²) in [5.41, 5.74) is 6.77. The molecule has 1 amide bonds. The van der Waals surface area contributed by atoms with Gasteiger partial charge in [0.2, 0.25) is 5.91 Å². The van der Waals surface area contributed by atoms with Crippen molar-refractivity contribution in [3.8, 4) is 12.1 Å². The zero-order valence-electron chi connectivity index (χ0n) is 10.8. The van der Waals surface area contributed by atoms with E-state index in [1.54, 1.807) is 29.7 Å². The van der Waals surface area contributed by atoms with E-state index < -0.39 is 5.91 Å². The van der Waals surface area contributed by atoms with Gasteiger partial charge in [0, 0.05) is 5.56 Å². The minimum atomic E-state index is -0.507. The monoisotopic (exact) mass is 265 g/mol. The van der Waals surface area contributed by atoms with Crippen molar-refractivity contribution in [1.82, 2.24) is 9.55 Å². The van der Waals surface area contributed by atoms with Crippen molar-refractivity contribution >= 4 is 5.91 Å². The SMILES string of the molecule is Cc1nc(C#N)c(C#N)n1Cc1cccc(C(N)=O)c1. The molecule has 1 aromatic heterocycles. The number of nitrogens with zero attached hydrogens (tertiary/aromatic N) is 4. The molecule has 0 aliphatic heterocycles. The van der Waals surface area contributed by atoms with Gasteiger partial charge in [0.25, 0.3) is 0 Å². The molecule has 0 radical (unpaired) electrons. The third kappa shape index (κ3) is 2.36. The van der Waals surface area contributed by atoms with Gasteiger partial charge in [-0.15, -0.1) is 0 Å². The lowest BCUT2D eigenvalue weighted by molar-refractivity contribution is 0.1000. The molecule has 0 atom stereocenters. The van der Waals surface area contributed by atoms with Crippen molar-refractivity contribution in [2.24, 2.45) is 5.73 Å². The maximum Gasteiger partial charge on any atom is 0.248 e. The van der Waals surface area contributed by atoms with E-state index in [1.807, 2.05) is 18.2 Å². The van der Waals surface area contributed by atoms with Gasteiger partial charge < -0.3 is 10.3 Å². The number of nitriles is 2. The molecule has 0 unspecified atom stereocenters. The molecule has 0 spiro atoms. The second kappa shape index (κ2) is 5.25. The summed E-state index contributed by atoms with van der Waals surface area (Å²) in [6, 6.07) is 10.7. The van der Waals surface area contributed by atoms with E-state index in [9.17, 15) is 4.79 Å². The van der Waals surface area contributed by atoms with Crippen LogP contribution in [-0.2, 0) is 6.54 Å². The standard InChI is InChI=1S/C14H11N5O/c1-9-18-12(6-15)13(7-16)19(9)8-10-3-2-4-11(5-10)14(17)20/h2-5H,8H2,1H3,(H2,17,20). The molecule has 20 heavy (non-hydrogen) atoms. The molecule has 2 N–H and O–H groups in total. The summed E-state index contributed by atoms with van der Waals surface area (Å²) in [6.07, 6.45) is 0. The van der Waals surface area contributed by atoms with Crippen LogP contribution in [0.5, 0.6) is 0 Å². The number of aryl methyl sites for hydroxylation is 1. The van der Waals surface area contributed by atoms with Gasteiger partial charge in [0.05, 0.1) is 6.54 Å². The average Bonchev–Trinajstić information content (AvgIpc) is 2.75. The van der Waals surface area contributed by atoms with Gasteiger partial charge in [-0.2, -0.15) is 10.5 Å². The first-order valence-corrected chi connectivity index (χ1v) is 5.83. The Morgan fingerprint density at radius 1 is 1.40 bits per heavy atom. The molecule has 0 fully saturated rings. The summed E-state index contributed by atoms with van der Waals surface area (Å²) in [7, 11) is 0. The summed E-state index contributed by atoms with van der Waals surface area (Å²) in [4.78, 5) is 15.2. The van der Waals surface area contributed by atoms with Gasteiger partial charge in [-0.25, -0.2) is 4.98 Å². The van der Waals surface area contributed by atoms with Crippen molar-refractivity contribution in [1.29, 1.82) is 10.5 Å². The Labute approximate surface area is 115 Å². The molecular formula is C14H11N5O. The summed E-state index contributed by atoms with van der Waals surface area (Å²) in [5.74, 6) is 0.0648. The molecule has 0 aliphatic rings. The largest absolute Gasteiger partial charge is 0.366 e. The Bertz CT molecular complexity index is 761. The van der Waals surface area contributed by atoms with Gasteiger partial charge in [-0.3, -0.25) is 4.79 Å². The molecule has 6 nitrogen and oxygen atoms in total. The second-order valence-electron chi connectivity index (χ2n) is 4.23. The fourth-order valence-corrected chi connectivity index (χ4v) is 1.95. The second-order valence-corrected chi connectivity index (χ2v) is 4.23. The number of nitrogens with two attached hydrogens (primary N) is 1. The molecule has 98 valence electrons. The number of imidazole rings is 1. The van der Waals surface area contributed by atoms with E-state index in [4.69, 9.17) is 16.3 Å². The molecule has 0 bridgehead atoms. The Balaban J connectivity index is 2.43. The first-order chi connectivity index (χ1) is 9.56. The molecule has 1 heterocycles. The van der Waals surface area contributed by atoms with Crippen LogP contribution in [0.1, 0.15) is 33.1 Å². The van der Waals surface area contributed by atoms with Crippen LogP contribution in [0.25, 0.3) is 0 Å². The predicted octanol–water partition coefficient (Wildman–Crippen LogP) is 1.08. The van der Waals surface area contributed by atoms with Crippen molar-refractivity contribution in [3.05, 3.63) is 52.6 Å². The lowest BCUT2D eigenvalue weighted by Gasteiger charge is -2.07. The molecule has 0 saturated heterocycles. The van der Waals surface area contributed by atoms with Gasteiger partial charge in [0.1, 0.15) is 18.0 Å². The fraction of sp³-hybridized carbons (Fsp3) is 0.143. The van der Waals surface area contributed by atoms with Gasteiger partial charge in [-0.1, -0.05) is 12.1 Å². The van der Waals surface area contributed by atoms with Crippen molar-refractivity contribution in [3.63, 3.8) is 0 Å². The lowest BCUT2D eigenvalue weighted by atomic mass is 10.1. The molecule has 6 heteroatoms. The third-order valence-corrected chi connectivity index (χ3v) is 2.92. The minimum absolute atomic E-state index is 0.107. The van der Waals surface area contributed by atoms with Crippen LogP contribution in [0.3, 0.4) is 0 Å². The fourth-order valence-electron chi connectivity index (χ4n) is 1.95. The summed E-state index contributed by atoms with van der Waals surface area (Å²) in [6.45, 7) is 2.07.